The SMILES string of the molecule is C=C1CC(COc2cc(C(=N/C=C\C)N3CCN(c4ncc(Cc5ccccc5)cn4)CC3)c(N)cc2OC)CCN1. The van der Waals surface area contributed by atoms with E-state index in [-0.39, 0.29) is 0 Å². The number of nitrogen functional groups attached to an aromatic ring is 1. The van der Waals surface area contributed by atoms with E-state index in [0.717, 1.165) is 80.6 Å². The Balaban J connectivity index is 1.28. The number of hydrogen-bond acceptors (Lipinski definition) is 8. The highest BCUT2D eigenvalue weighted by Gasteiger charge is 2.25. The van der Waals surface area contributed by atoms with Crippen molar-refractivity contribution in [1.82, 2.24) is 20.2 Å². The first-order valence-corrected chi connectivity index (χ1v) is 14.6. The van der Waals surface area contributed by atoms with Gasteiger partial charge in [0.2, 0.25) is 5.95 Å². The maximum atomic E-state index is 6.57. The van der Waals surface area contributed by atoms with E-state index < -0.39 is 0 Å². The number of amidine groups is 1. The van der Waals surface area contributed by atoms with Crippen molar-refractivity contribution in [2.45, 2.75) is 26.2 Å². The zero-order chi connectivity index (χ0) is 29.3. The number of nitrogens with two attached hydrogens (primary N) is 1. The number of methoxy groups -OCH3 is 1. The highest BCUT2D eigenvalue weighted by atomic mass is 16.5. The number of nitrogens with one attached hydrogen (secondary N) is 1. The molecule has 42 heavy (non-hydrogen) atoms. The molecule has 1 unspecified atom stereocenters. The predicted molar refractivity (Wildman–Crippen MR) is 169 cm³/mol. The number of benzene rings is 2. The van der Waals surface area contributed by atoms with Gasteiger partial charge in [-0.25, -0.2) is 15.0 Å². The first-order valence-electron chi connectivity index (χ1n) is 14.6. The molecule has 0 amide bonds. The summed E-state index contributed by atoms with van der Waals surface area (Å²) in [5, 5.41) is 3.31. The second-order valence-corrected chi connectivity index (χ2v) is 10.8. The number of hydrogen-bond donors (Lipinski definition) is 2. The number of nitrogens with zero attached hydrogens (tertiary/aromatic N) is 5. The lowest BCUT2D eigenvalue weighted by Gasteiger charge is -2.36. The van der Waals surface area contributed by atoms with Crippen LogP contribution in [0.25, 0.3) is 0 Å². The highest BCUT2D eigenvalue weighted by molar-refractivity contribution is 6.04. The van der Waals surface area contributed by atoms with Gasteiger partial charge in [-0.05, 0) is 37.0 Å². The summed E-state index contributed by atoms with van der Waals surface area (Å²) in [5.41, 5.74) is 11.4. The summed E-state index contributed by atoms with van der Waals surface area (Å²) in [6, 6.07) is 14.2. The number of piperidine rings is 1. The Hall–Kier alpha value is -4.53. The van der Waals surface area contributed by atoms with E-state index in [2.05, 4.69) is 55.9 Å². The predicted octanol–water partition coefficient (Wildman–Crippen LogP) is 4.65. The van der Waals surface area contributed by atoms with Crippen molar-refractivity contribution in [3.05, 3.63) is 96.1 Å². The molecule has 3 heterocycles. The lowest BCUT2D eigenvalue weighted by atomic mass is 9.97. The van der Waals surface area contributed by atoms with Crippen molar-refractivity contribution in [2.24, 2.45) is 10.9 Å². The largest absolute Gasteiger partial charge is 0.493 e. The van der Waals surface area contributed by atoms with Gasteiger partial charge in [0.25, 0.3) is 0 Å². The fourth-order valence-corrected chi connectivity index (χ4v) is 5.39. The van der Waals surface area contributed by atoms with E-state index in [1.54, 1.807) is 13.3 Å². The quantitative estimate of drug-likeness (QED) is 0.219. The van der Waals surface area contributed by atoms with Gasteiger partial charge < -0.3 is 30.3 Å². The molecule has 9 nitrogen and oxygen atoms in total. The molecule has 0 bridgehead atoms. The van der Waals surface area contributed by atoms with Crippen LogP contribution < -0.4 is 25.4 Å². The molecule has 9 heteroatoms. The van der Waals surface area contributed by atoms with Gasteiger partial charge in [-0.2, -0.15) is 0 Å². The Morgan fingerprint density at radius 1 is 1.10 bits per heavy atom. The molecule has 3 N–H and O–H groups in total. The lowest BCUT2D eigenvalue weighted by molar-refractivity contribution is 0.219. The third-order valence-corrected chi connectivity index (χ3v) is 7.66. The van der Waals surface area contributed by atoms with Gasteiger partial charge in [0.15, 0.2) is 11.5 Å². The maximum absolute atomic E-state index is 6.57. The molecule has 0 saturated carbocycles. The summed E-state index contributed by atoms with van der Waals surface area (Å²) in [6.07, 6.45) is 10.4. The molecule has 2 aliphatic heterocycles. The van der Waals surface area contributed by atoms with Gasteiger partial charge in [0.05, 0.1) is 13.7 Å². The smallest absolute Gasteiger partial charge is 0.225 e. The van der Waals surface area contributed by atoms with Gasteiger partial charge in [-0.3, -0.25) is 0 Å². The number of aromatic nitrogens is 2. The van der Waals surface area contributed by atoms with Crippen molar-refractivity contribution in [3.8, 4) is 11.5 Å². The lowest BCUT2D eigenvalue weighted by Crippen LogP contribution is -2.49. The second-order valence-electron chi connectivity index (χ2n) is 10.8. The van der Waals surface area contributed by atoms with Crippen molar-refractivity contribution in [3.63, 3.8) is 0 Å². The van der Waals surface area contributed by atoms with Crippen LogP contribution in [-0.4, -0.2) is 67.1 Å². The number of ether oxygens (including phenoxy) is 2. The summed E-state index contributed by atoms with van der Waals surface area (Å²) in [4.78, 5) is 18.7. The van der Waals surface area contributed by atoms with Crippen LogP contribution in [0.2, 0.25) is 0 Å². The number of aliphatic imine (C=N–C) groups is 1. The molecule has 5 rings (SSSR count). The van der Waals surface area contributed by atoms with Gasteiger partial charge >= 0.3 is 0 Å². The maximum Gasteiger partial charge on any atom is 0.225 e. The zero-order valence-electron chi connectivity index (χ0n) is 24.6. The molecule has 0 radical (unpaired) electrons. The Kier molecular flexibility index (Phi) is 9.59. The molecule has 0 spiro atoms. The van der Waals surface area contributed by atoms with Crippen LogP contribution >= 0.6 is 0 Å². The van der Waals surface area contributed by atoms with Crippen LogP contribution in [0.3, 0.4) is 0 Å². The van der Waals surface area contributed by atoms with Gasteiger partial charge in [-0.15, -0.1) is 0 Å². The molecule has 2 aromatic carbocycles. The van der Waals surface area contributed by atoms with Gasteiger partial charge in [-0.1, -0.05) is 43.0 Å². The first-order chi connectivity index (χ1) is 20.5. The Labute approximate surface area is 248 Å². The summed E-state index contributed by atoms with van der Waals surface area (Å²) >= 11 is 0. The first kappa shape index (κ1) is 29.0. The normalized spacial score (nSPS) is 17.8. The average molecular weight is 568 g/mol. The van der Waals surface area contributed by atoms with Crippen molar-refractivity contribution >= 4 is 17.5 Å². The van der Waals surface area contributed by atoms with Gasteiger partial charge in [0.1, 0.15) is 5.84 Å². The van der Waals surface area contributed by atoms with E-state index in [1.165, 1.54) is 5.56 Å². The van der Waals surface area contributed by atoms with Crippen LogP contribution in [-0.2, 0) is 6.42 Å². The minimum atomic E-state index is 0.406. The van der Waals surface area contributed by atoms with E-state index in [9.17, 15) is 0 Å². The minimum absolute atomic E-state index is 0.406. The van der Waals surface area contributed by atoms with E-state index in [1.807, 2.05) is 43.6 Å². The fourth-order valence-electron chi connectivity index (χ4n) is 5.39. The number of allylic oxidation sites excluding steroid dienone is 2. The van der Waals surface area contributed by atoms with Crippen molar-refractivity contribution in [1.29, 1.82) is 0 Å². The van der Waals surface area contributed by atoms with Crippen LogP contribution in [0.5, 0.6) is 11.5 Å². The Bertz CT molecular complexity index is 1400. The Morgan fingerprint density at radius 2 is 1.86 bits per heavy atom. The number of anilines is 2. The highest BCUT2D eigenvalue weighted by Crippen LogP contribution is 2.34. The summed E-state index contributed by atoms with van der Waals surface area (Å²) in [6.45, 7) is 10.6. The third kappa shape index (κ3) is 7.21. The van der Waals surface area contributed by atoms with Crippen molar-refractivity contribution in [2.75, 3.05) is 57.1 Å². The van der Waals surface area contributed by atoms with E-state index >= 15 is 0 Å². The molecule has 3 aromatic rings. The second kappa shape index (κ2) is 13.9. The average Bonchev–Trinajstić information content (AvgIpc) is 3.02. The van der Waals surface area contributed by atoms with Crippen LogP contribution in [0.15, 0.2) is 84.4 Å². The third-order valence-electron chi connectivity index (χ3n) is 7.66. The fraction of sp³-hybridized carbons (Fsp3) is 0.364. The van der Waals surface area contributed by atoms with Gasteiger partial charge in [0, 0.05) is 86.7 Å². The molecule has 1 aromatic heterocycles. The standard InChI is InChI=1S/C33H41N7O2/c1-4-11-36-32(28-19-31(30(41-3)20-29(28)34)42-23-26-10-12-35-24(2)17-26)39-13-15-40(16-14-39)33-37-21-27(22-38-33)18-25-8-6-5-7-9-25/h4-9,11,19-22,26,35H,2,10,12-18,23,34H2,1,3H3/b11-4-,36-32?. The molecule has 1 atom stereocenters. The monoisotopic (exact) mass is 567 g/mol. The van der Waals surface area contributed by atoms with Crippen LogP contribution in [0.4, 0.5) is 11.6 Å². The topological polar surface area (TPSA) is 101 Å². The molecule has 220 valence electrons. The molecular weight excluding hydrogens is 526 g/mol. The van der Waals surface area contributed by atoms with E-state index in [0.29, 0.717) is 29.7 Å². The van der Waals surface area contributed by atoms with E-state index in [4.69, 9.17) is 20.2 Å². The molecule has 2 saturated heterocycles. The number of piperazine rings is 1. The summed E-state index contributed by atoms with van der Waals surface area (Å²) in [7, 11) is 1.64. The number of rotatable bonds is 9. The van der Waals surface area contributed by atoms with Crippen molar-refractivity contribution < 1.29 is 9.47 Å². The summed E-state index contributed by atoms with van der Waals surface area (Å²) < 4.78 is 11.9. The Morgan fingerprint density at radius 3 is 2.55 bits per heavy atom. The molecule has 0 aliphatic carbocycles. The van der Waals surface area contributed by atoms with Crippen LogP contribution in [0, 0.1) is 5.92 Å². The van der Waals surface area contributed by atoms with Crippen LogP contribution in [0.1, 0.15) is 36.5 Å². The molecular formula is C33H41N7O2. The summed E-state index contributed by atoms with van der Waals surface area (Å²) in [5.74, 6) is 3.25. The molecule has 2 aliphatic rings. The zero-order valence-corrected chi connectivity index (χ0v) is 24.6. The molecule has 2 fully saturated rings. The minimum Gasteiger partial charge on any atom is -0.493 e.